The van der Waals surface area contributed by atoms with E-state index in [1.54, 1.807) is 0 Å². The summed E-state index contributed by atoms with van der Waals surface area (Å²) in [6.45, 7) is 7.00. The van der Waals surface area contributed by atoms with Crippen LogP contribution in [0.2, 0.25) is 0 Å². The van der Waals surface area contributed by atoms with Crippen molar-refractivity contribution >= 4 is 0 Å². The van der Waals surface area contributed by atoms with Crippen LogP contribution in [0.5, 0.6) is 0 Å². The van der Waals surface area contributed by atoms with Gasteiger partial charge in [-0.1, -0.05) is 26.7 Å². The van der Waals surface area contributed by atoms with Crippen LogP contribution in [0.25, 0.3) is 0 Å². The zero-order valence-electron chi connectivity index (χ0n) is 9.69. The molecule has 1 rings (SSSR count). The molecular formula is C12H25N. The number of hydrogen-bond acceptors (Lipinski definition) is 1. The Labute approximate surface area is 83.3 Å². The van der Waals surface area contributed by atoms with Gasteiger partial charge in [-0.2, -0.15) is 0 Å². The Morgan fingerprint density at radius 3 is 2.08 bits per heavy atom. The highest BCUT2D eigenvalue weighted by Crippen LogP contribution is 2.54. The molecule has 0 radical (unpaired) electrons. The first-order valence-corrected chi connectivity index (χ1v) is 5.85. The van der Waals surface area contributed by atoms with Gasteiger partial charge in [0.2, 0.25) is 0 Å². The Kier molecular flexibility index (Phi) is 3.78. The minimum atomic E-state index is 0.672. The van der Waals surface area contributed by atoms with E-state index < -0.39 is 0 Å². The van der Waals surface area contributed by atoms with Crippen LogP contribution in [0.3, 0.4) is 0 Å². The van der Waals surface area contributed by atoms with E-state index in [2.05, 4.69) is 33.1 Å². The minimum Gasteiger partial charge on any atom is -0.317 e. The van der Waals surface area contributed by atoms with Crippen molar-refractivity contribution in [1.82, 2.24) is 5.32 Å². The van der Waals surface area contributed by atoms with Gasteiger partial charge in [0.25, 0.3) is 0 Å². The van der Waals surface area contributed by atoms with Crippen LogP contribution in [0.4, 0.5) is 0 Å². The molecule has 13 heavy (non-hydrogen) atoms. The summed E-state index contributed by atoms with van der Waals surface area (Å²) in [7, 11) is 2.09. The van der Waals surface area contributed by atoms with E-state index in [0.29, 0.717) is 11.5 Å². The van der Waals surface area contributed by atoms with E-state index in [9.17, 15) is 0 Å². The lowest BCUT2D eigenvalue weighted by Crippen LogP contribution is -2.33. The van der Waals surface area contributed by atoms with Gasteiger partial charge >= 0.3 is 0 Å². The quantitative estimate of drug-likeness (QED) is 0.667. The van der Waals surface area contributed by atoms with E-state index in [4.69, 9.17) is 0 Å². The molecule has 0 saturated heterocycles. The second kappa shape index (κ2) is 4.45. The summed E-state index contributed by atoms with van der Waals surface area (Å²) in [4.78, 5) is 0. The topological polar surface area (TPSA) is 12.0 Å². The third-order valence-corrected chi connectivity index (χ3v) is 4.09. The van der Waals surface area contributed by atoms with Crippen LogP contribution in [0.15, 0.2) is 0 Å². The van der Waals surface area contributed by atoms with Gasteiger partial charge in [-0.15, -0.1) is 0 Å². The SMILES string of the molecule is CCC(CC)CC1(C(C)NC)CC1. The largest absolute Gasteiger partial charge is 0.317 e. The van der Waals surface area contributed by atoms with E-state index >= 15 is 0 Å². The Morgan fingerprint density at radius 2 is 1.77 bits per heavy atom. The van der Waals surface area contributed by atoms with Gasteiger partial charge in [-0.25, -0.2) is 0 Å². The average molecular weight is 183 g/mol. The van der Waals surface area contributed by atoms with Crippen molar-refractivity contribution in [3.8, 4) is 0 Å². The van der Waals surface area contributed by atoms with Gasteiger partial charge in [0.1, 0.15) is 0 Å². The average Bonchev–Trinajstić information content (AvgIpc) is 2.94. The highest BCUT2D eigenvalue weighted by atomic mass is 14.9. The predicted molar refractivity (Wildman–Crippen MR) is 58.9 cm³/mol. The van der Waals surface area contributed by atoms with E-state index in [0.717, 1.165) is 5.92 Å². The van der Waals surface area contributed by atoms with Crippen molar-refractivity contribution in [2.24, 2.45) is 11.3 Å². The smallest absolute Gasteiger partial charge is 0.00922 e. The summed E-state index contributed by atoms with van der Waals surface area (Å²) in [6, 6.07) is 0.716. The summed E-state index contributed by atoms with van der Waals surface area (Å²) >= 11 is 0. The molecule has 1 N–H and O–H groups in total. The van der Waals surface area contributed by atoms with Crippen molar-refractivity contribution in [3.63, 3.8) is 0 Å². The molecule has 1 unspecified atom stereocenters. The van der Waals surface area contributed by atoms with Crippen LogP contribution >= 0.6 is 0 Å². The first kappa shape index (κ1) is 11.0. The molecule has 1 fully saturated rings. The first-order valence-electron chi connectivity index (χ1n) is 5.85. The summed E-state index contributed by atoms with van der Waals surface area (Å²) in [5.41, 5.74) is 0.672. The van der Waals surface area contributed by atoms with Gasteiger partial charge in [0.05, 0.1) is 0 Å². The molecule has 1 atom stereocenters. The zero-order chi connectivity index (χ0) is 9.90. The lowest BCUT2D eigenvalue weighted by Gasteiger charge is -2.26. The number of rotatable bonds is 6. The Balaban J connectivity index is 2.42. The molecule has 1 aliphatic carbocycles. The summed E-state index contributed by atoms with van der Waals surface area (Å²) in [6.07, 6.45) is 7.06. The maximum absolute atomic E-state index is 3.42. The number of nitrogens with one attached hydrogen (secondary N) is 1. The molecule has 0 aromatic carbocycles. The van der Waals surface area contributed by atoms with Crippen molar-refractivity contribution < 1.29 is 0 Å². The van der Waals surface area contributed by atoms with Crippen LogP contribution < -0.4 is 5.32 Å². The lowest BCUT2D eigenvalue weighted by molar-refractivity contribution is 0.276. The van der Waals surface area contributed by atoms with Crippen molar-refractivity contribution in [2.45, 2.75) is 58.9 Å². The van der Waals surface area contributed by atoms with Gasteiger partial charge in [0, 0.05) is 6.04 Å². The summed E-state index contributed by atoms with van der Waals surface area (Å²) < 4.78 is 0. The predicted octanol–water partition coefficient (Wildman–Crippen LogP) is 3.20. The van der Waals surface area contributed by atoms with Gasteiger partial charge < -0.3 is 5.32 Å². The minimum absolute atomic E-state index is 0.672. The normalized spacial score (nSPS) is 21.9. The van der Waals surface area contributed by atoms with Crippen LogP contribution in [-0.4, -0.2) is 13.1 Å². The molecule has 1 nitrogen and oxygen atoms in total. The van der Waals surface area contributed by atoms with E-state index in [1.807, 2.05) is 0 Å². The molecule has 0 spiro atoms. The molecule has 0 aromatic rings. The molecule has 0 aliphatic heterocycles. The summed E-state index contributed by atoms with van der Waals surface area (Å²) in [5, 5.41) is 3.42. The standard InChI is InChI=1S/C12H25N/c1-5-11(6-2)9-12(7-8-12)10(3)13-4/h10-11,13H,5-9H2,1-4H3. The van der Waals surface area contributed by atoms with Gasteiger partial charge in [0.15, 0.2) is 0 Å². The third kappa shape index (κ3) is 2.46. The Morgan fingerprint density at radius 1 is 1.23 bits per heavy atom. The fourth-order valence-electron chi connectivity index (χ4n) is 2.43. The fourth-order valence-corrected chi connectivity index (χ4v) is 2.43. The van der Waals surface area contributed by atoms with Crippen LogP contribution in [0.1, 0.15) is 52.9 Å². The lowest BCUT2D eigenvalue weighted by atomic mass is 9.84. The highest BCUT2D eigenvalue weighted by Gasteiger charge is 2.47. The third-order valence-electron chi connectivity index (χ3n) is 4.09. The first-order chi connectivity index (χ1) is 6.18. The molecule has 1 heteroatoms. The Bertz CT molecular complexity index is 145. The molecular weight excluding hydrogens is 158 g/mol. The van der Waals surface area contributed by atoms with E-state index in [1.165, 1.54) is 32.1 Å². The van der Waals surface area contributed by atoms with Crippen LogP contribution in [0, 0.1) is 11.3 Å². The fraction of sp³-hybridized carbons (Fsp3) is 1.00. The molecule has 1 aliphatic rings. The summed E-state index contributed by atoms with van der Waals surface area (Å²) in [5.74, 6) is 0.957. The van der Waals surface area contributed by atoms with Crippen LogP contribution in [-0.2, 0) is 0 Å². The Hall–Kier alpha value is -0.0400. The molecule has 0 heterocycles. The highest BCUT2D eigenvalue weighted by molar-refractivity contribution is 5.00. The van der Waals surface area contributed by atoms with Crippen molar-refractivity contribution in [2.75, 3.05) is 7.05 Å². The number of hydrogen-bond donors (Lipinski definition) is 1. The molecule has 0 amide bonds. The molecule has 0 bridgehead atoms. The second-order valence-corrected chi connectivity index (χ2v) is 4.76. The zero-order valence-corrected chi connectivity index (χ0v) is 9.69. The van der Waals surface area contributed by atoms with Crippen molar-refractivity contribution in [1.29, 1.82) is 0 Å². The van der Waals surface area contributed by atoms with Gasteiger partial charge in [-0.3, -0.25) is 0 Å². The van der Waals surface area contributed by atoms with Gasteiger partial charge in [-0.05, 0) is 44.6 Å². The van der Waals surface area contributed by atoms with E-state index in [-0.39, 0.29) is 0 Å². The molecule has 1 saturated carbocycles. The monoisotopic (exact) mass is 183 g/mol. The van der Waals surface area contributed by atoms with Crippen molar-refractivity contribution in [3.05, 3.63) is 0 Å². The maximum Gasteiger partial charge on any atom is 0.00922 e. The molecule has 0 aromatic heterocycles. The molecule has 78 valence electrons. The second-order valence-electron chi connectivity index (χ2n) is 4.76. The maximum atomic E-state index is 3.42.